The second-order valence-corrected chi connectivity index (χ2v) is 7.88. The normalized spacial score (nSPS) is 25.2. The molecule has 1 aliphatic carbocycles. The van der Waals surface area contributed by atoms with Crippen LogP contribution in [0.2, 0.25) is 0 Å². The van der Waals surface area contributed by atoms with E-state index in [2.05, 4.69) is 27.7 Å². The van der Waals surface area contributed by atoms with Crippen molar-refractivity contribution in [3.05, 3.63) is 0 Å². The maximum Gasteiger partial charge on any atom is 0.311 e. The molecule has 0 atom stereocenters. The van der Waals surface area contributed by atoms with Gasteiger partial charge in [0.15, 0.2) is 0 Å². The summed E-state index contributed by atoms with van der Waals surface area (Å²) < 4.78 is 5.73. The molecular formula is C17H32O2. The summed E-state index contributed by atoms with van der Waals surface area (Å²) in [5, 5.41) is 0. The Labute approximate surface area is 119 Å². The minimum absolute atomic E-state index is 0.00596. The van der Waals surface area contributed by atoms with E-state index in [4.69, 9.17) is 4.74 Å². The minimum Gasteiger partial charge on any atom is -0.462 e. The van der Waals surface area contributed by atoms with Crippen LogP contribution in [-0.2, 0) is 9.53 Å². The topological polar surface area (TPSA) is 26.3 Å². The Kier molecular flexibility index (Phi) is 5.46. The van der Waals surface area contributed by atoms with Crippen LogP contribution in [0.15, 0.2) is 0 Å². The Bertz CT molecular complexity index is 291. The van der Waals surface area contributed by atoms with Crippen LogP contribution < -0.4 is 0 Å². The van der Waals surface area contributed by atoms with Gasteiger partial charge in [0, 0.05) is 0 Å². The van der Waals surface area contributed by atoms with Crippen LogP contribution in [0.3, 0.4) is 0 Å². The number of rotatable bonds is 4. The minimum atomic E-state index is -0.324. The molecular weight excluding hydrogens is 236 g/mol. The van der Waals surface area contributed by atoms with E-state index < -0.39 is 0 Å². The molecule has 0 amide bonds. The molecule has 0 aromatic rings. The number of hydrogen-bond acceptors (Lipinski definition) is 2. The highest BCUT2D eigenvalue weighted by atomic mass is 16.5. The van der Waals surface area contributed by atoms with E-state index in [1.54, 1.807) is 0 Å². The first kappa shape index (κ1) is 16.5. The Morgan fingerprint density at radius 1 is 1.05 bits per heavy atom. The molecule has 1 aliphatic rings. The van der Waals surface area contributed by atoms with Crippen molar-refractivity contribution >= 4 is 5.97 Å². The fourth-order valence-electron chi connectivity index (χ4n) is 3.08. The van der Waals surface area contributed by atoms with Crippen molar-refractivity contribution < 1.29 is 9.53 Å². The summed E-state index contributed by atoms with van der Waals surface area (Å²) in [7, 11) is 0. The molecule has 0 bridgehead atoms. The zero-order valence-electron chi connectivity index (χ0n) is 13.7. The van der Waals surface area contributed by atoms with Crippen molar-refractivity contribution in [1.29, 1.82) is 0 Å². The largest absolute Gasteiger partial charge is 0.462 e. The lowest BCUT2D eigenvalue weighted by Crippen LogP contribution is -2.34. The van der Waals surface area contributed by atoms with Crippen molar-refractivity contribution in [2.24, 2.45) is 16.7 Å². The molecule has 2 nitrogen and oxygen atoms in total. The van der Waals surface area contributed by atoms with Crippen molar-refractivity contribution in [2.45, 2.75) is 86.2 Å². The van der Waals surface area contributed by atoms with Gasteiger partial charge in [-0.1, -0.05) is 34.1 Å². The second kappa shape index (κ2) is 6.28. The van der Waals surface area contributed by atoms with E-state index in [9.17, 15) is 4.79 Å². The first-order chi connectivity index (χ1) is 8.66. The van der Waals surface area contributed by atoms with Gasteiger partial charge in [0.1, 0.15) is 6.10 Å². The molecule has 0 heterocycles. The Balaban J connectivity index is 2.43. The molecule has 2 heteroatoms. The molecule has 1 rings (SSSR count). The van der Waals surface area contributed by atoms with Crippen LogP contribution in [0.5, 0.6) is 0 Å². The average molecular weight is 268 g/mol. The van der Waals surface area contributed by atoms with E-state index in [-0.39, 0.29) is 17.5 Å². The van der Waals surface area contributed by atoms with Crippen LogP contribution in [0.25, 0.3) is 0 Å². The van der Waals surface area contributed by atoms with Crippen molar-refractivity contribution in [1.82, 2.24) is 0 Å². The average Bonchev–Trinajstić information content (AvgIpc) is 2.28. The molecule has 0 radical (unpaired) electrons. The van der Waals surface area contributed by atoms with Gasteiger partial charge in [-0.3, -0.25) is 4.79 Å². The highest BCUT2D eigenvalue weighted by Crippen LogP contribution is 2.39. The highest BCUT2D eigenvalue weighted by Gasteiger charge is 2.34. The quantitative estimate of drug-likeness (QED) is 0.673. The lowest BCUT2D eigenvalue weighted by atomic mass is 9.72. The summed E-state index contributed by atoms with van der Waals surface area (Å²) in [5.41, 5.74) is 0.0616. The van der Waals surface area contributed by atoms with Gasteiger partial charge in [0.05, 0.1) is 5.41 Å². The van der Waals surface area contributed by atoms with E-state index >= 15 is 0 Å². The summed E-state index contributed by atoms with van der Waals surface area (Å²) in [4.78, 5) is 12.2. The fraction of sp³-hybridized carbons (Fsp3) is 0.941. The summed E-state index contributed by atoms with van der Waals surface area (Å²) in [5.74, 6) is 0.764. The van der Waals surface area contributed by atoms with Crippen LogP contribution in [-0.4, -0.2) is 12.1 Å². The smallest absolute Gasteiger partial charge is 0.311 e. The van der Waals surface area contributed by atoms with Gasteiger partial charge in [-0.25, -0.2) is 0 Å². The fourth-order valence-corrected chi connectivity index (χ4v) is 3.08. The first-order valence-electron chi connectivity index (χ1n) is 7.88. The third-order valence-corrected chi connectivity index (χ3v) is 4.60. The summed E-state index contributed by atoms with van der Waals surface area (Å²) in [6.07, 6.45) is 6.54. The monoisotopic (exact) mass is 268 g/mol. The Morgan fingerprint density at radius 2 is 1.58 bits per heavy atom. The number of ether oxygens (including phenoxy) is 1. The first-order valence-corrected chi connectivity index (χ1v) is 7.88. The Morgan fingerprint density at radius 3 is 2.00 bits per heavy atom. The predicted molar refractivity (Wildman–Crippen MR) is 80.0 cm³/mol. The van der Waals surface area contributed by atoms with Crippen LogP contribution >= 0.6 is 0 Å². The van der Waals surface area contributed by atoms with Gasteiger partial charge >= 0.3 is 5.97 Å². The predicted octanol–water partition coefficient (Wildman–Crippen LogP) is 4.96. The maximum atomic E-state index is 12.2. The van der Waals surface area contributed by atoms with Gasteiger partial charge in [-0.15, -0.1) is 0 Å². The molecule has 0 saturated heterocycles. The summed E-state index contributed by atoms with van der Waals surface area (Å²) >= 11 is 0. The van der Waals surface area contributed by atoms with Gasteiger partial charge in [-0.05, 0) is 57.3 Å². The van der Waals surface area contributed by atoms with Gasteiger partial charge in [0.25, 0.3) is 0 Å². The molecule has 1 saturated carbocycles. The molecule has 0 spiro atoms. The number of esters is 1. The van der Waals surface area contributed by atoms with Gasteiger partial charge in [-0.2, -0.15) is 0 Å². The number of carbonyl (C=O) groups is 1. The third-order valence-electron chi connectivity index (χ3n) is 4.60. The SMILES string of the molecule is CCCC(C)(C)C(=O)OC1CCC(C(C)(C)C)CC1. The molecule has 0 aromatic heterocycles. The Hall–Kier alpha value is -0.530. The molecule has 0 aliphatic heterocycles. The van der Waals surface area contributed by atoms with Gasteiger partial charge < -0.3 is 4.74 Å². The molecule has 1 fully saturated rings. The van der Waals surface area contributed by atoms with E-state index in [0.717, 1.165) is 31.6 Å². The summed E-state index contributed by atoms with van der Waals surface area (Å²) in [6, 6.07) is 0. The molecule has 112 valence electrons. The van der Waals surface area contributed by atoms with Crippen molar-refractivity contribution in [3.8, 4) is 0 Å². The van der Waals surface area contributed by atoms with Crippen LogP contribution in [0.4, 0.5) is 0 Å². The van der Waals surface area contributed by atoms with Crippen LogP contribution in [0, 0.1) is 16.7 Å². The van der Waals surface area contributed by atoms with Crippen molar-refractivity contribution in [3.63, 3.8) is 0 Å². The molecule has 19 heavy (non-hydrogen) atoms. The third kappa shape index (κ3) is 4.81. The lowest BCUT2D eigenvalue weighted by molar-refractivity contribution is -0.162. The molecule has 0 unspecified atom stereocenters. The van der Waals surface area contributed by atoms with E-state index in [1.165, 1.54) is 12.8 Å². The number of carbonyl (C=O) groups excluding carboxylic acids is 1. The maximum absolute atomic E-state index is 12.2. The summed E-state index contributed by atoms with van der Waals surface area (Å²) in [6.45, 7) is 13.1. The highest BCUT2D eigenvalue weighted by molar-refractivity contribution is 5.76. The lowest BCUT2D eigenvalue weighted by Gasteiger charge is -2.37. The zero-order valence-corrected chi connectivity index (χ0v) is 13.7. The standard InChI is InChI=1S/C17H32O2/c1-7-12-17(5,6)15(18)19-14-10-8-13(9-11-14)16(2,3)4/h13-14H,7-12H2,1-6H3. The van der Waals surface area contributed by atoms with Crippen molar-refractivity contribution in [2.75, 3.05) is 0 Å². The molecule has 0 aromatic carbocycles. The second-order valence-electron chi connectivity index (χ2n) is 7.88. The zero-order chi connectivity index (χ0) is 14.7. The van der Waals surface area contributed by atoms with Crippen LogP contribution in [0.1, 0.15) is 80.1 Å². The molecule has 0 N–H and O–H groups in total. The van der Waals surface area contributed by atoms with E-state index in [0.29, 0.717) is 5.41 Å². The number of hydrogen-bond donors (Lipinski definition) is 0. The van der Waals surface area contributed by atoms with Gasteiger partial charge in [0.2, 0.25) is 0 Å². The van der Waals surface area contributed by atoms with E-state index in [1.807, 2.05) is 13.8 Å².